The first-order valence-electron chi connectivity index (χ1n) is 6.83. The Labute approximate surface area is 109 Å². The monoisotopic (exact) mass is 249 g/mol. The number of nitrogen functional groups attached to an aromatic ring is 1. The fourth-order valence-electron chi connectivity index (χ4n) is 2.76. The van der Waals surface area contributed by atoms with Crippen LogP contribution in [0, 0.1) is 6.92 Å². The van der Waals surface area contributed by atoms with Crippen LogP contribution in [0.4, 0.5) is 11.8 Å². The van der Waals surface area contributed by atoms with Crippen molar-refractivity contribution in [1.29, 1.82) is 0 Å². The van der Waals surface area contributed by atoms with Crippen LogP contribution >= 0.6 is 0 Å². The van der Waals surface area contributed by atoms with Gasteiger partial charge < -0.3 is 4.90 Å². The van der Waals surface area contributed by atoms with Crippen molar-refractivity contribution in [1.82, 2.24) is 9.97 Å². The van der Waals surface area contributed by atoms with Crippen molar-refractivity contribution < 1.29 is 0 Å². The highest BCUT2D eigenvalue weighted by Crippen LogP contribution is 2.26. The molecule has 0 unspecified atom stereocenters. The summed E-state index contributed by atoms with van der Waals surface area (Å²) >= 11 is 0. The van der Waals surface area contributed by atoms with E-state index in [1.165, 1.54) is 32.1 Å². The molecular formula is C13H23N5. The lowest BCUT2D eigenvalue weighted by Crippen LogP contribution is -2.37. The van der Waals surface area contributed by atoms with Crippen LogP contribution in [-0.2, 0) is 0 Å². The van der Waals surface area contributed by atoms with Crippen molar-refractivity contribution in [3.05, 3.63) is 11.8 Å². The molecule has 3 N–H and O–H groups in total. The quantitative estimate of drug-likeness (QED) is 0.632. The Morgan fingerprint density at radius 1 is 1.33 bits per heavy atom. The third-order valence-corrected chi connectivity index (χ3v) is 3.62. The van der Waals surface area contributed by atoms with E-state index in [0.29, 0.717) is 12.0 Å². The molecule has 1 heterocycles. The number of aromatic nitrogens is 2. The summed E-state index contributed by atoms with van der Waals surface area (Å²) in [5.74, 6) is 6.90. The molecule has 0 amide bonds. The number of aryl methyl sites for hydroxylation is 1. The van der Waals surface area contributed by atoms with Crippen LogP contribution in [0.1, 0.15) is 44.7 Å². The van der Waals surface area contributed by atoms with Crippen LogP contribution in [0.25, 0.3) is 0 Å². The molecule has 0 saturated heterocycles. The molecule has 1 aliphatic carbocycles. The van der Waals surface area contributed by atoms with Gasteiger partial charge in [-0.15, -0.1) is 0 Å². The molecule has 2 rings (SSSR count). The topological polar surface area (TPSA) is 67.1 Å². The number of anilines is 2. The Kier molecular flexibility index (Phi) is 4.36. The molecule has 0 bridgehead atoms. The Balaban J connectivity index is 2.22. The van der Waals surface area contributed by atoms with E-state index < -0.39 is 0 Å². The lowest BCUT2D eigenvalue weighted by Gasteiger charge is -2.34. The van der Waals surface area contributed by atoms with Gasteiger partial charge in [-0.25, -0.2) is 10.8 Å². The fraction of sp³-hybridized carbons (Fsp3) is 0.692. The van der Waals surface area contributed by atoms with Crippen LogP contribution in [0.3, 0.4) is 0 Å². The number of hydrogen-bond acceptors (Lipinski definition) is 5. The average molecular weight is 249 g/mol. The van der Waals surface area contributed by atoms with Gasteiger partial charge >= 0.3 is 0 Å². The predicted octanol–water partition coefficient (Wildman–Crippen LogP) is 2.23. The molecule has 0 aliphatic heterocycles. The van der Waals surface area contributed by atoms with E-state index in [2.05, 4.69) is 27.2 Å². The molecule has 1 aromatic heterocycles. The normalized spacial score (nSPS) is 16.6. The van der Waals surface area contributed by atoms with Gasteiger partial charge in [0.1, 0.15) is 5.82 Å². The summed E-state index contributed by atoms with van der Waals surface area (Å²) in [5, 5.41) is 0. The summed E-state index contributed by atoms with van der Waals surface area (Å²) in [4.78, 5) is 11.1. The smallest absolute Gasteiger partial charge is 0.239 e. The van der Waals surface area contributed by atoms with Gasteiger partial charge in [-0.3, -0.25) is 5.43 Å². The molecule has 18 heavy (non-hydrogen) atoms. The molecule has 0 aromatic carbocycles. The minimum atomic E-state index is 0.499. The van der Waals surface area contributed by atoms with Crippen LogP contribution in [0.2, 0.25) is 0 Å². The molecule has 0 atom stereocenters. The number of nitrogens with zero attached hydrogens (tertiary/aromatic N) is 3. The SMILES string of the molecule is CCN(c1cc(C)nc(NN)n1)C1CCCCC1. The van der Waals surface area contributed by atoms with Crippen LogP contribution in [-0.4, -0.2) is 22.6 Å². The molecule has 0 spiro atoms. The third kappa shape index (κ3) is 2.90. The lowest BCUT2D eigenvalue weighted by molar-refractivity contribution is 0.416. The second-order valence-corrected chi connectivity index (χ2v) is 4.91. The molecule has 5 nitrogen and oxygen atoms in total. The van der Waals surface area contributed by atoms with E-state index in [-0.39, 0.29) is 0 Å². The van der Waals surface area contributed by atoms with E-state index in [1.807, 2.05) is 13.0 Å². The first-order valence-corrected chi connectivity index (χ1v) is 6.83. The minimum Gasteiger partial charge on any atom is -0.354 e. The highest BCUT2D eigenvalue weighted by Gasteiger charge is 2.21. The van der Waals surface area contributed by atoms with E-state index in [4.69, 9.17) is 5.84 Å². The number of hydrazine groups is 1. The predicted molar refractivity (Wildman–Crippen MR) is 74.5 cm³/mol. The molecule has 0 radical (unpaired) electrons. The van der Waals surface area contributed by atoms with Crippen molar-refractivity contribution in [2.24, 2.45) is 5.84 Å². The zero-order valence-corrected chi connectivity index (χ0v) is 11.3. The fourth-order valence-corrected chi connectivity index (χ4v) is 2.76. The zero-order valence-electron chi connectivity index (χ0n) is 11.3. The molecule has 1 fully saturated rings. The van der Waals surface area contributed by atoms with Crippen molar-refractivity contribution in [2.75, 3.05) is 16.9 Å². The summed E-state index contributed by atoms with van der Waals surface area (Å²) in [6.07, 6.45) is 6.55. The lowest BCUT2D eigenvalue weighted by atomic mass is 9.94. The molecule has 100 valence electrons. The Morgan fingerprint density at radius 2 is 2.06 bits per heavy atom. The van der Waals surface area contributed by atoms with Gasteiger partial charge in [0.25, 0.3) is 0 Å². The molecule has 5 heteroatoms. The number of hydrogen-bond donors (Lipinski definition) is 2. The molecule has 1 aliphatic rings. The number of nitrogens with one attached hydrogen (secondary N) is 1. The van der Waals surface area contributed by atoms with Crippen molar-refractivity contribution in [2.45, 2.75) is 52.0 Å². The second-order valence-electron chi connectivity index (χ2n) is 4.91. The first kappa shape index (κ1) is 13.1. The van der Waals surface area contributed by atoms with Gasteiger partial charge in [-0.05, 0) is 26.7 Å². The number of rotatable bonds is 4. The standard InChI is InChI=1S/C13H23N5/c1-3-18(11-7-5-4-6-8-11)12-9-10(2)15-13(16-12)17-14/h9,11H,3-8,14H2,1-2H3,(H,15,16,17). The van der Waals surface area contributed by atoms with Crippen molar-refractivity contribution in [3.63, 3.8) is 0 Å². The van der Waals surface area contributed by atoms with Crippen LogP contribution < -0.4 is 16.2 Å². The molecule has 1 aromatic rings. The largest absolute Gasteiger partial charge is 0.354 e. The van der Waals surface area contributed by atoms with E-state index >= 15 is 0 Å². The van der Waals surface area contributed by atoms with Crippen LogP contribution in [0.15, 0.2) is 6.07 Å². The maximum atomic E-state index is 5.41. The molecular weight excluding hydrogens is 226 g/mol. The highest BCUT2D eigenvalue weighted by molar-refractivity contribution is 5.45. The van der Waals surface area contributed by atoms with E-state index in [0.717, 1.165) is 18.1 Å². The van der Waals surface area contributed by atoms with Crippen LogP contribution in [0.5, 0.6) is 0 Å². The third-order valence-electron chi connectivity index (χ3n) is 3.62. The van der Waals surface area contributed by atoms with E-state index in [9.17, 15) is 0 Å². The highest BCUT2D eigenvalue weighted by atomic mass is 15.3. The van der Waals surface area contributed by atoms with Gasteiger partial charge in [0.05, 0.1) is 0 Å². The maximum absolute atomic E-state index is 5.41. The number of nitrogens with two attached hydrogens (primary N) is 1. The van der Waals surface area contributed by atoms with Gasteiger partial charge in [0.2, 0.25) is 5.95 Å². The minimum absolute atomic E-state index is 0.499. The summed E-state index contributed by atoms with van der Waals surface area (Å²) in [6.45, 7) is 5.13. The first-order chi connectivity index (χ1) is 8.74. The summed E-state index contributed by atoms with van der Waals surface area (Å²) in [6, 6.07) is 2.66. The van der Waals surface area contributed by atoms with Crippen molar-refractivity contribution in [3.8, 4) is 0 Å². The Bertz CT molecular complexity index is 387. The van der Waals surface area contributed by atoms with Gasteiger partial charge in [0.15, 0.2) is 0 Å². The maximum Gasteiger partial charge on any atom is 0.239 e. The average Bonchev–Trinajstić information content (AvgIpc) is 2.40. The van der Waals surface area contributed by atoms with Gasteiger partial charge in [-0.2, -0.15) is 4.98 Å². The summed E-state index contributed by atoms with van der Waals surface area (Å²) in [5.41, 5.74) is 3.49. The van der Waals surface area contributed by atoms with E-state index in [1.54, 1.807) is 0 Å². The molecule has 1 saturated carbocycles. The Hall–Kier alpha value is -1.36. The van der Waals surface area contributed by atoms with Crippen molar-refractivity contribution >= 4 is 11.8 Å². The Morgan fingerprint density at radius 3 is 2.67 bits per heavy atom. The summed E-state index contributed by atoms with van der Waals surface area (Å²) in [7, 11) is 0. The zero-order chi connectivity index (χ0) is 13.0. The summed E-state index contributed by atoms with van der Waals surface area (Å²) < 4.78 is 0. The van der Waals surface area contributed by atoms with Gasteiger partial charge in [-0.1, -0.05) is 19.3 Å². The second kappa shape index (κ2) is 6.00. The van der Waals surface area contributed by atoms with Gasteiger partial charge in [0, 0.05) is 24.3 Å².